The topological polar surface area (TPSA) is 111 Å². The Bertz CT molecular complexity index is 1190. The minimum absolute atomic E-state index is 0.105. The number of hydrogen-bond donors (Lipinski definition) is 1. The van der Waals surface area contributed by atoms with Gasteiger partial charge in [-0.05, 0) is 42.3 Å². The van der Waals surface area contributed by atoms with Crippen molar-refractivity contribution < 1.29 is 17.9 Å². The fourth-order valence-electron chi connectivity index (χ4n) is 2.79. The van der Waals surface area contributed by atoms with Gasteiger partial charge in [-0.2, -0.15) is 5.10 Å². The number of benzene rings is 2. The molecule has 0 bridgehead atoms. The molecule has 3 rings (SSSR count). The average Bonchev–Trinajstić information content (AvgIpc) is 2.75. The van der Waals surface area contributed by atoms with Crippen molar-refractivity contribution in [1.82, 2.24) is 15.4 Å². The van der Waals surface area contributed by atoms with Gasteiger partial charge in [-0.15, -0.1) is 0 Å². The molecule has 0 unspecified atom stereocenters. The number of sulfone groups is 1. The molecule has 31 heavy (non-hydrogen) atoms. The van der Waals surface area contributed by atoms with Gasteiger partial charge in [-0.25, -0.2) is 18.8 Å². The van der Waals surface area contributed by atoms with Crippen LogP contribution in [0.5, 0.6) is 5.75 Å². The van der Waals surface area contributed by atoms with Gasteiger partial charge in [-0.3, -0.25) is 9.78 Å². The molecule has 9 heteroatoms. The number of ether oxygens (including phenoxy) is 1. The fourth-order valence-corrected chi connectivity index (χ4v) is 3.62. The zero-order valence-corrected chi connectivity index (χ0v) is 18.0. The zero-order valence-electron chi connectivity index (χ0n) is 17.1. The first-order chi connectivity index (χ1) is 14.9. The predicted molar refractivity (Wildman–Crippen MR) is 119 cm³/mol. The Morgan fingerprint density at radius 3 is 2.58 bits per heavy atom. The minimum Gasteiger partial charge on any atom is -0.494 e. The smallest absolute Gasteiger partial charge is 0.291 e. The maximum Gasteiger partial charge on any atom is 0.291 e. The number of aromatic nitrogens is 2. The van der Waals surface area contributed by atoms with Crippen LogP contribution in [0.15, 0.2) is 66.0 Å². The van der Waals surface area contributed by atoms with Gasteiger partial charge in [0.1, 0.15) is 11.4 Å². The third-order valence-electron chi connectivity index (χ3n) is 4.17. The largest absolute Gasteiger partial charge is 0.494 e. The van der Waals surface area contributed by atoms with Crippen LogP contribution in [0.3, 0.4) is 0 Å². The van der Waals surface area contributed by atoms with Crippen LogP contribution in [0, 0.1) is 0 Å². The van der Waals surface area contributed by atoms with Crippen LogP contribution in [0.2, 0.25) is 0 Å². The SMILES string of the molecule is CCOc1ccc(-c2cncc(C(=O)N/N=C/c3ccccc3CS(C)(=O)=O)n2)cc1. The van der Waals surface area contributed by atoms with E-state index in [9.17, 15) is 13.2 Å². The number of nitrogens with zero attached hydrogens (tertiary/aromatic N) is 3. The van der Waals surface area contributed by atoms with Crippen LogP contribution in [0.4, 0.5) is 0 Å². The second-order valence-electron chi connectivity index (χ2n) is 6.71. The van der Waals surface area contributed by atoms with E-state index in [0.717, 1.165) is 11.3 Å². The Labute approximate surface area is 180 Å². The van der Waals surface area contributed by atoms with Crippen molar-refractivity contribution >= 4 is 22.0 Å². The van der Waals surface area contributed by atoms with E-state index >= 15 is 0 Å². The van der Waals surface area contributed by atoms with E-state index in [2.05, 4.69) is 20.5 Å². The van der Waals surface area contributed by atoms with E-state index in [0.29, 0.717) is 23.4 Å². The molecule has 1 N–H and O–H groups in total. The Morgan fingerprint density at radius 2 is 1.87 bits per heavy atom. The fraction of sp³-hybridized carbons (Fsp3) is 0.182. The van der Waals surface area contributed by atoms with Crippen molar-refractivity contribution in [2.24, 2.45) is 5.10 Å². The zero-order chi connectivity index (χ0) is 22.3. The molecule has 0 atom stereocenters. The molecule has 1 heterocycles. The first-order valence-electron chi connectivity index (χ1n) is 9.50. The van der Waals surface area contributed by atoms with Gasteiger partial charge in [0.25, 0.3) is 5.91 Å². The Morgan fingerprint density at radius 1 is 1.13 bits per heavy atom. The summed E-state index contributed by atoms with van der Waals surface area (Å²) in [4.78, 5) is 20.9. The molecule has 0 saturated carbocycles. The number of amides is 1. The summed E-state index contributed by atoms with van der Waals surface area (Å²) in [6.45, 7) is 2.49. The molecule has 0 radical (unpaired) electrons. The third kappa shape index (κ3) is 6.45. The van der Waals surface area contributed by atoms with E-state index in [-0.39, 0.29) is 11.4 Å². The maximum absolute atomic E-state index is 12.4. The van der Waals surface area contributed by atoms with Gasteiger partial charge in [0.2, 0.25) is 0 Å². The monoisotopic (exact) mass is 438 g/mol. The number of hydrogen-bond acceptors (Lipinski definition) is 7. The molecule has 0 fully saturated rings. The Balaban J connectivity index is 1.71. The first-order valence-corrected chi connectivity index (χ1v) is 11.6. The van der Waals surface area contributed by atoms with Crippen LogP contribution in [0.1, 0.15) is 28.5 Å². The normalized spacial score (nSPS) is 11.4. The Kier molecular flexibility index (Phi) is 7.09. The van der Waals surface area contributed by atoms with Crippen molar-refractivity contribution in [1.29, 1.82) is 0 Å². The number of carbonyl (C=O) groups excluding carboxylic acids is 1. The summed E-state index contributed by atoms with van der Waals surface area (Å²) in [5, 5.41) is 3.94. The van der Waals surface area contributed by atoms with E-state index in [4.69, 9.17) is 4.74 Å². The number of carbonyl (C=O) groups is 1. The van der Waals surface area contributed by atoms with Crippen LogP contribution >= 0.6 is 0 Å². The van der Waals surface area contributed by atoms with Crippen molar-refractivity contribution in [2.45, 2.75) is 12.7 Å². The van der Waals surface area contributed by atoms with Gasteiger partial charge in [0.05, 0.1) is 36.7 Å². The van der Waals surface area contributed by atoms with Gasteiger partial charge >= 0.3 is 0 Å². The van der Waals surface area contributed by atoms with Crippen LogP contribution in [-0.4, -0.2) is 43.4 Å². The van der Waals surface area contributed by atoms with Crippen molar-refractivity contribution in [3.05, 3.63) is 77.7 Å². The van der Waals surface area contributed by atoms with Crippen LogP contribution in [0.25, 0.3) is 11.3 Å². The highest BCUT2D eigenvalue weighted by Crippen LogP contribution is 2.20. The molecular weight excluding hydrogens is 416 g/mol. The molecule has 160 valence electrons. The second-order valence-corrected chi connectivity index (χ2v) is 8.86. The standard InChI is InChI=1S/C22H22N4O4S/c1-3-30-19-10-8-16(9-11-19)20-13-23-14-21(25-20)22(27)26-24-12-17-6-4-5-7-18(17)15-31(2,28)29/h4-14H,3,15H2,1-2H3,(H,26,27)/b24-12+. The molecular formula is C22H22N4O4S. The summed E-state index contributed by atoms with van der Waals surface area (Å²) < 4.78 is 28.6. The highest BCUT2D eigenvalue weighted by molar-refractivity contribution is 7.89. The van der Waals surface area contributed by atoms with Crippen molar-refractivity contribution in [3.63, 3.8) is 0 Å². The molecule has 8 nitrogen and oxygen atoms in total. The molecule has 0 aliphatic heterocycles. The minimum atomic E-state index is -3.20. The summed E-state index contributed by atoms with van der Waals surface area (Å²) in [6, 6.07) is 14.3. The van der Waals surface area contributed by atoms with Gasteiger partial charge in [0, 0.05) is 11.8 Å². The van der Waals surface area contributed by atoms with E-state index in [1.165, 1.54) is 18.7 Å². The average molecular weight is 439 g/mol. The molecule has 0 saturated heterocycles. The molecule has 3 aromatic rings. The van der Waals surface area contributed by atoms with Crippen LogP contribution in [-0.2, 0) is 15.6 Å². The first kappa shape index (κ1) is 22.1. The van der Waals surface area contributed by atoms with E-state index in [1.807, 2.05) is 31.2 Å². The lowest BCUT2D eigenvalue weighted by molar-refractivity contribution is 0.0950. The quantitative estimate of drug-likeness (QED) is 0.428. The maximum atomic E-state index is 12.4. The molecule has 1 amide bonds. The molecule has 0 aliphatic rings. The molecule has 2 aromatic carbocycles. The van der Waals surface area contributed by atoms with E-state index < -0.39 is 15.7 Å². The van der Waals surface area contributed by atoms with Gasteiger partial charge < -0.3 is 4.74 Å². The predicted octanol–water partition coefficient (Wildman–Crippen LogP) is 2.85. The highest BCUT2D eigenvalue weighted by Gasteiger charge is 2.10. The number of nitrogens with one attached hydrogen (secondary N) is 1. The van der Waals surface area contributed by atoms with E-state index in [1.54, 1.807) is 30.5 Å². The van der Waals surface area contributed by atoms with Gasteiger partial charge in [0.15, 0.2) is 9.84 Å². The second kappa shape index (κ2) is 9.94. The molecule has 0 spiro atoms. The summed E-state index contributed by atoms with van der Waals surface area (Å²) in [6.07, 6.45) is 5.48. The Hall–Kier alpha value is -3.59. The molecule has 0 aliphatic carbocycles. The third-order valence-corrected chi connectivity index (χ3v) is 5.01. The lowest BCUT2D eigenvalue weighted by Crippen LogP contribution is -2.19. The summed E-state index contributed by atoms with van der Waals surface area (Å²) in [7, 11) is -3.20. The molecule has 1 aromatic heterocycles. The number of hydrazone groups is 1. The van der Waals surface area contributed by atoms with Crippen molar-refractivity contribution in [3.8, 4) is 17.0 Å². The highest BCUT2D eigenvalue weighted by atomic mass is 32.2. The van der Waals surface area contributed by atoms with Crippen LogP contribution < -0.4 is 10.2 Å². The van der Waals surface area contributed by atoms with Gasteiger partial charge in [-0.1, -0.05) is 24.3 Å². The lowest BCUT2D eigenvalue weighted by atomic mass is 10.1. The summed E-state index contributed by atoms with van der Waals surface area (Å²) in [5.74, 6) is 0.106. The van der Waals surface area contributed by atoms with Crippen molar-refractivity contribution in [2.75, 3.05) is 12.9 Å². The summed E-state index contributed by atoms with van der Waals surface area (Å²) in [5.41, 5.74) is 5.04. The number of rotatable bonds is 8. The summed E-state index contributed by atoms with van der Waals surface area (Å²) >= 11 is 0. The lowest BCUT2D eigenvalue weighted by Gasteiger charge is -2.06.